The quantitative estimate of drug-likeness (QED) is 0.938. The predicted octanol–water partition coefficient (Wildman–Crippen LogP) is 3.58. The molecule has 0 spiro atoms. The van der Waals surface area contributed by atoms with Gasteiger partial charge in [0.15, 0.2) is 0 Å². The number of hydrogen-bond donors (Lipinski definition) is 1. The van der Waals surface area contributed by atoms with E-state index in [-0.39, 0.29) is 12.1 Å². The summed E-state index contributed by atoms with van der Waals surface area (Å²) in [5.74, 6) is 0. The van der Waals surface area contributed by atoms with E-state index >= 15 is 0 Å². The van der Waals surface area contributed by atoms with Crippen LogP contribution in [0.2, 0.25) is 0 Å². The largest absolute Gasteiger partial charge is 0.445 e. The van der Waals surface area contributed by atoms with E-state index in [0.717, 1.165) is 31.5 Å². The first kappa shape index (κ1) is 15.4. The van der Waals surface area contributed by atoms with Gasteiger partial charge in [-0.1, -0.05) is 48.5 Å². The van der Waals surface area contributed by atoms with Gasteiger partial charge in [0.05, 0.1) is 0 Å². The number of hydrogen-bond acceptors (Lipinski definition) is 3. The first-order valence-corrected chi connectivity index (χ1v) is 8.08. The van der Waals surface area contributed by atoms with Gasteiger partial charge in [-0.15, -0.1) is 0 Å². The summed E-state index contributed by atoms with van der Waals surface area (Å²) in [4.78, 5) is 14.3. The minimum Gasteiger partial charge on any atom is -0.445 e. The van der Waals surface area contributed by atoms with E-state index in [9.17, 15) is 4.79 Å². The van der Waals surface area contributed by atoms with Crippen molar-refractivity contribution in [3.8, 4) is 0 Å². The average molecular weight is 310 g/mol. The highest BCUT2D eigenvalue weighted by molar-refractivity contribution is 5.67. The van der Waals surface area contributed by atoms with Crippen molar-refractivity contribution in [1.82, 2.24) is 5.32 Å². The van der Waals surface area contributed by atoms with Crippen LogP contribution in [0.3, 0.4) is 0 Å². The number of para-hydroxylation sites is 1. The summed E-state index contributed by atoms with van der Waals surface area (Å²) in [7, 11) is 0. The highest BCUT2D eigenvalue weighted by Crippen LogP contribution is 2.19. The van der Waals surface area contributed by atoms with E-state index in [4.69, 9.17) is 4.74 Å². The zero-order chi connectivity index (χ0) is 15.9. The number of nitrogens with zero attached hydrogens (tertiary/aromatic N) is 1. The van der Waals surface area contributed by atoms with Gasteiger partial charge < -0.3 is 15.0 Å². The van der Waals surface area contributed by atoms with Crippen molar-refractivity contribution >= 4 is 11.8 Å². The van der Waals surface area contributed by atoms with Gasteiger partial charge in [-0.05, 0) is 30.5 Å². The fourth-order valence-electron chi connectivity index (χ4n) is 2.90. The fraction of sp³-hybridized carbons (Fsp3) is 0.316. The summed E-state index contributed by atoms with van der Waals surface area (Å²) in [5.41, 5.74) is 2.20. The molecule has 4 nitrogen and oxygen atoms in total. The van der Waals surface area contributed by atoms with Crippen LogP contribution in [-0.4, -0.2) is 25.2 Å². The summed E-state index contributed by atoms with van der Waals surface area (Å²) in [5, 5.41) is 2.99. The van der Waals surface area contributed by atoms with Gasteiger partial charge in [0, 0.05) is 24.8 Å². The van der Waals surface area contributed by atoms with Crippen molar-refractivity contribution in [2.24, 2.45) is 0 Å². The van der Waals surface area contributed by atoms with Crippen molar-refractivity contribution in [3.63, 3.8) is 0 Å². The Kier molecular flexibility index (Phi) is 5.14. The summed E-state index contributed by atoms with van der Waals surface area (Å²) < 4.78 is 5.30. The Hall–Kier alpha value is -2.49. The maximum atomic E-state index is 12.0. The number of nitrogens with one attached hydrogen (secondary N) is 1. The van der Waals surface area contributed by atoms with Crippen LogP contribution in [0.25, 0.3) is 0 Å². The summed E-state index contributed by atoms with van der Waals surface area (Å²) in [6.07, 6.45) is 1.72. The molecule has 0 saturated carbocycles. The van der Waals surface area contributed by atoms with Crippen LogP contribution in [0.15, 0.2) is 60.7 Å². The number of alkyl carbamates (subject to hydrolysis) is 1. The van der Waals surface area contributed by atoms with E-state index in [1.807, 2.05) is 48.5 Å². The molecule has 3 rings (SSSR count). The van der Waals surface area contributed by atoms with E-state index in [1.165, 1.54) is 5.69 Å². The summed E-state index contributed by atoms with van der Waals surface area (Å²) >= 11 is 0. The zero-order valence-electron chi connectivity index (χ0n) is 13.2. The lowest BCUT2D eigenvalue weighted by Gasteiger charge is -2.34. The first-order valence-electron chi connectivity index (χ1n) is 8.08. The van der Waals surface area contributed by atoms with Gasteiger partial charge in [0.2, 0.25) is 0 Å². The minimum absolute atomic E-state index is 0.132. The molecule has 1 atom stereocenters. The third kappa shape index (κ3) is 4.49. The fourth-order valence-corrected chi connectivity index (χ4v) is 2.90. The van der Waals surface area contributed by atoms with E-state index in [0.29, 0.717) is 6.61 Å². The van der Waals surface area contributed by atoms with E-state index in [1.54, 1.807) is 0 Å². The van der Waals surface area contributed by atoms with Gasteiger partial charge >= 0.3 is 6.09 Å². The molecule has 120 valence electrons. The van der Waals surface area contributed by atoms with Crippen molar-refractivity contribution in [1.29, 1.82) is 0 Å². The smallest absolute Gasteiger partial charge is 0.407 e. The lowest BCUT2D eigenvalue weighted by atomic mass is 10.1. The third-order valence-corrected chi connectivity index (χ3v) is 4.08. The molecule has 1 unspecified atom stereocenters. The third-order valence-electron chi connectivity index (χ3n) is 4.08. The Labute approximate surface area is 137 Å². The lowest BCUT2D eigenvalue weighted by molar-refractivity contribution is 0.134. The Morgan fingerprint density at radius 2 is 1.78 bits per heavy atom. The Balaban J connectivity index is 1.48. The monoisotopic (exact) mass is 310 g/mol. The standard InChI is InChI=1S/C19H22N2O2/c22-19(23-15-16-8-3-1-4-9-16)20-17-10-7-13-21(14-17)18-11-5-2-6-12-18/h1-6,8-9,11-12,17H,7,10,13-15H2,(H,20,22). The van der Waals surface area contributed by atoms with Crippen molar-refractivity contribution in [2.75, 3.05) is 18.0 Å². The number of carbonyl (C=O) groups is 1. The number of ether oxygens (including phenoxy) is 1. The van der Waals surface area contributed by atoms with Crippen molar-refractivity contribution < 1.29 is 9.53 Å². The van der Waals surface area contributed by atoms with Crippen molar-refractivity contribution in [2.45, 2.75) is 25.5 Å². The molecule has 0 aromatic heterocycles. The molecule has 2 aromatic carbocycles. The van der Waals surface area contributed by atoms with Gasteiger partial charge in [-0.2, -0.15) is 0 Å². The molecule has 1 heterocycles. The van der Waals surface area contributed by atoms with Crippen LogP contribution in [-0.2, 0) is 11.3 Å². The van der Waals surface area contributed by atoms with E-state index in [2.05, 4.69) is 22.3 Å². The first-order chi connectivity index (χ1) is 11.3. The molecule has 23 heavy (non-hydrogen) atoms. The van der Waals surface area contributed by atoms with Gasteiger partial charge in [0.1, 0.15) is 6.61 Å². The second kappa shape index (κ2) is 7.68. The highest BCUT2D eigenvalue weighted by atomic mass is 16.5. The van der Waals surface area contributed by atoms with Crippen LogP contribution >= 0.6 is 0 Å². The van der Waals surface area contributed by atoms with Crippen LogP contribution < -0.4 is 10.2 Å². The number of carbonyl (C=O) groups excluding carboxylic acids is 1. The molecular weight excluding hydrogens is 288 g/mol. The molecule has 1 N–H and O–H groups in total. The molecule has 0 aliphatic carbocycles. The van der Waals surface area contributed by atoms with Gasteiger partial charge in [-0.3, -0.25) is 0 Å². The molecule has 0 radical (unpaired) electrons. The number of benzene rings is 2. The molecule has 0 bridgehead atoms. The lowest BCUT2D eigenvalue weighted by Crippen LogP contribution is -2.47. The summed E-state index contributed by atoms with van der Waals surface area (Å²) in [6.45, 7) is 2.16. The van der Waals surface area contributed by atoms with Gasteiger partial charge in [-0.25, -0.2) is 4.79 Å². The second-order valence-corrected chi connectivity index (χ2v) is 5.83. The predicted molar refractivity (Wildman–Crippen MR) is 91.4 cm³/mol. The SMILES string of the molecule is O=C(NC1CCCN(c2ccccc2)C1)OCc1ccccc1. The highest BCUT2D eigenvalue weighted by Gasteiger charge is 2.22. The number of amides is 1. The maximum Gasteiger partial charge on any atom is 0.407 e. The molecule has 1 saturated heterocycles. The molecular formula is C19H22N2O2. The average Bonchev–Trinajstić information content (AvgIpc) is 2.62. The molecule has 1 fully saturated rings. The van der Waals surface area contributed by atoms with Crippen LogP contribution in [0.4, 0.5) is 10.5 Å². The number of anilines is 1. The topological polar surface area (TPSA) is 41.6 Å². The molecule has 1 aliphatic rings. The molecule has 1 amide bonds. The molecule has 2 aromatic rings. The Bertz CT molecular complexity index is 616. The second-order valence-electron chi connectivity index (χ2n) is 5.83. The Morgan fingerprint density at radius 3 is 2.52 bits per heavy atom. The van der Waals surface area contributed by atoms with E-state index < -0.39 is 0 Å². The van der Waals surface area contributed by atoms with Crippen LogP contribution in [0.1, 0.15) is 18.4 Å². The maximum absolute atomic E-state index is 12.0. The summed E-state index contributed by atoms with van der Waals surface area (Å²) in [6, 6.07) is 20.2. The zero-order valence-corrected chi connectivity index (χ0v) is 13.2. The molecule has 4 heteroatoms. The number of rotatable bonds is 4. The van der Waals surface area contributed by atoms with Crippen molar-refractivity contribution in [3.05, 3.63) is 66.2 Å². The van der Waals surface area contributed by atoms with Gasteiger partial charge in [0.25, 0.3) is 0 Å². The normalized spacial score (nSPS) is 17.6. The van der Waals surface area contributed by atoms with Crippen LogP contribution in [0.5, 0.6) is 0 Å². The minimum atomic E-state index is -0.339. The Morgan fingerprint density at radius 1 is 1.09 bits per heavy atom. The van der Waals surface area contributed by atoms with Crippen LogP contribution in [0, 0.1) is 0 Å². The molecule has 1 aliphatic heterocycles. The number of piperidine rings is 1.